The zero-order chi connectivity index (χ0) is 19.1. The lowest BCUT2D eigenvalue weighted by molar-refractivity contribution is 0.307. The molecule has 2 aromatic heterocycles. The molecule has 1 aromatic carbocycles. The van der Waals surface area contributed by atoms with Crippen molar-refractivity contribution in [3.63, 3.8) is 0 Å². The first-order chi connectivity index (χ1) is 13.7. The fourth-order valence-electron chi connectivity index (χ4n) is 4.49. The van der Waals surface area contributed by atoms with Crippen LogP contribution in [0.4, 0.5) is 0 Å². The Hall–Kier alpha value is -2.62. The molecular formula is C22H26N6. The SMILES string of the molecule is CN1CCCC1c1ncc(C#Cc2ccc3nc(C4CCCN4C)[nH]c3c2)[nH]1. The number of rotatable bonds is 2. The maximum atomic E-state index is 4.79. The highest BCUT2D eigenvalue weighted by atomic mass is 15.2. The third kappa shape index (κ3) is 3.21. The van der Waals surface area contributed by atoms with Gasteiger partial charge in [-0.05, 0) is 77.0 Å². The number of H-pyrrole nitrogens is 2. The predicted octanol–water partition coefficient (Wildman–Crippen LogP) is 3.22. The summed E-state index contributed by atoms with van der Waals surface area (Å²) in [7, 11) is 4.33. The third-order valence-electron chi connectivity index (χ3n) is 6.11. The van der Waals surface area contributed by atoms with Gasteiger partial charge in [0.15, 0.2) is 0 Å². The highest BCUT2D eigenvalue weighted by Crippen LogP contribution is 2.30. The monoisotopic (exact) mass is 374 g/mol. The molecule has 0 spiro atoms. The summed E-state index contributed by atoms with van der Waals surface area (Å²) in [6, 6.07) is 6.99. The molecule has 6 nitrogen and oxygen atoms in total. The van der Waals surface area contributed by atoms with Gasteiger partial charge in [0.1, 0.15) is 17.3 Å². The Morgan fingerprint density at radius 1 is 0.964 bits per heavy atom. The average Bonchev–Trinajstić information content (AvgIpc) is 3.45. The van der Waals surface area contributed by atoms with E-state index in [4.69, 9.17) is 4.98 Å². The van der Waals surface area contributed by atoms with Crippen molar-refractivity contribution in [1.29, 1.82) is 0 Å². The molecule has 144 valence electrons. The lowest BCUT2D eigenvalue weighted by atomic mass is 10.2. The van der Waals surface area contributed by atoms with E-state index in [1.807, 2.05) is 12.3 Å². The second-order valence-electron chi connectivity index (χ2n) is 8.06. The average molecular weight is 374 g/mol. The topological polar surface area (TPSA) is 63.8 Å². The van der Waals surface area contributed by atoms with Crippen LogP contribution in [-0.4, -0.2) is 56.9 Å². The van der Waals surface area contributed by atoms with E-state index >= 15 is 0 Å². The predicted molar refractivity (Wildman–Crippen MR) is 110 cm³/mol. The van der Waals surface area contributed by atoms with Gasteiger partial charge in [0.2, 0.25) is 0 Å². The van der Waals surface area contributed by atoms with Gasteiger partial charge >= 0.3 is 0 Å². The summed E-state index contributed by atoms with van der Waals surface area (Å²) in [5.41, 5.74) is 3.92. The van der Waals surface area contributed by atoms with Crippen LogP contribution < -0.4 is 0 Å². The molecule has 2 aliphatic rings. The summed E-state index contributed by atoms with van der Waals surface area (Å²) >= 11 is 0. The minimum absolute atomic E-state index is 0.393. The van der Waals surface area contributed by atoms with E-state index in [1.165, 1.54) is 19.3 Å². The summed E-state index contributed by atoms with van der Waals surface area (Å²) in [5, 5.41) is 0. The third-order valence-corrected chi connectivity index (χ3v) is 6.11. The molecule has 0 aliphatic carbocycles. The summed E-state index contributed by atoms with van der Waals surface area (Å²) in [6.45, 7) is 2.27. The van der Waals surface area contributed by atoms with Crippen LogP contribution in [0.5, 0.6) is 0 Å². The van der Waals surface area contributed by atoms with Crippen molar-refractivity contribution in [3.05, 3.63) is 47.3 Å². The van der Waals surface area contributed by atoms with Crippen molar-refractivity contribution >= 4 is 11.0 Å². The molecule has 28 heavy (non-hydrogen) atoms. The van der Waals surface area contributed by atoms with E-state index in [-0.39, 0.29) is 0 Å². The molecule has 0 saturated carbocycles. The number of hydrogen-bond donors (Lipinski definition) is 2. The van der Waals surface area contributed by atoms with E-state index in [0.29, 0.717) is 12.1 Å². The van der Waals surface area contributed by atoms with Crippen LogP contribution in [0.15, 0.2) is 24.4 Å². The van der Waals surface area contributed by atoms with E-state index < -0.39 is 0 Å². The smallest absolute Gasteiger partial charge is 0.124 e. The molecule has 2 fully saturated rings. The van der Waals surface area contributed by atoms with Crippen molar-refractivity contribution in [2.75, 3.05) is 27.2 Å². The van der Waals surface area contributed by atoms with Crippen molar-refractivity contribution in [3.8, 4) is 11.8 Å². The van der Waals surface area contributed by atoms with Crippen LogP contribution in [0, 0.1) is 11.8 Å². The molecule has 0 radical (unpaired) electrons. The fourth-order valence-corrected chi connectivity index (χ4v) is 4.49. The maximum Gasteiger partial charge on any atom is 0.124 e. The number of nitrogens with one attached hydrogen (secondary N) is 2. The van der Waals surface area contributed by atoms with Gasteiger partial charge in [0.25, 0.3) is 0 Å². The van der Waals surface area contributed by atoms with Gasteiger partial charge < -0.3 is 9.97 Å². The second kappa shape index (κ2) is 7.08. The Morgan fingerprint density at radius 3 is 2.43 bits per heavy atom. The molecule has 5 rings (SSSR count). The number of nitrogens with zero attached hydrogens (tertiary/aromatic N) is 4. The number of imidazole rings is 2. The highest BCUT2D eigenvalue weighted by molar-refractivity contribution is 5.77. The molecule has 2 N–H and O–H groups in total. The first-order valence-electron chi connectivity index (χ1n) is 10.1. The number of likely N-dealkylation sites (tertiary alicyclic amines) is 2. The molecule has 6 heteroatoms. The van der Waals surface area contributed by atoms with E-state index in [0.717, 1.165) is 53.4 Å². The van der Waals surface area contributed by atoms with Crippen molar-refractivity contribution in [1.82, 2.24) is 29.7 Å². The number of hydrogen-bond acceptors (Lipinski definition) is 4. The zero-order valence-corrected chi connectivity index (χ0v) is 16.5. The van der Waals surface area contributed by atoms with Crippen LogP contribution >= 0.6 is 0 Å². The number of aromatic nitrogens is 4. The van der Waals surface area contributed by atoms with Crippen molar-refractivity contribution in [2.24, 2.45) is 0 Å². The van der Waals surface area contributed by atoms with Crippen LogP contribution in [0.3, 0.4) is 0 Å². The molecule has 2 saturated heterocycles. The normalized spacial score (nSPS) is 23.4. The second-order valence-corrected chi connectivity index (χ2v) is 8.06. The van der Waals surface area contributed by atoms with E-state index in [9.17, 15) is 0 Å². The fraction of sp³-hybridized carbons (Fsp3) is 0.455. The van der Waals surface area contributed by atoms with Crippen LogP contribution in [0.1, 0.15) is 60.7 Å². The summed E-state index contributed by atoms with van der Waals surface area (Å²) in [4.78, 5) is 21.0. The standard InChI is InChI=1S/C22H26N6/c1-27-11-3-5-19(27)21-23-14-16(24-21)9-7-15-8-10-17-18(13-15)26-22(25-17)20-6-4-12-28(20)2/h8,10,13-14,19-20H,3-6,11-12H2,1-2H3,(H,23,24)(H,25,26). The zero-order valence-electron chi connectivity index (χ0n) is 16.5. The molecular weight excluding hydrogens is 348 g/mol. The molecule has 2 unspecified atom stereocenters. The van der Waals surface area contributed by atoms with E-state index in [1.54, 1.807) is 0 Å². The molecule has 4 heterocycles. The Kier molecular flexibility index (Phi) is 4.42. The van der Waals surface area contributed by atoms with Crippen LogP contribution in [0.2, 0.25) is 0 Å². The summed E-state index contributed by atoms with van der Waals surface area (Å²) in [5.74, 6) is 8.58. The molecule has 2 aliphatic heterocycles. The molecule has 0 bridgehead atoms. The minimum Gasteiger partial charge on any atom is -0.341 e. The van der Waals surface area contributed by atoms with Gasteiger partial charge in [0, 0.05) is 5.56 Å². The highest BCUT2D eigenvalue weighted by Gasteiger charge is 2.26. The largest absolute Gasteiger partial charge is 0.341 e. The molecule has 2 atom stereocenters. The lowest BCUT2D eigenvalue weighted by Crippen LogP contribution is -2.18. The van der Waals surface area contributed by atoms with Gasteiger partial charge in [-0.2, -0.15) is 0 Å². The maximum absolute atomic E-state index is 4.79. The van der Waals surface area contributed by atoms with Crippen LogP contribution in [-0.2, 0) is 0 Å². The quantitative estimate of drug-likeness (QED) is 0.676. The first kappa shape index (κ1) is 17.5. The van der Waals surface area contributed by atoms with E-state index in [2.05, 4.69) is 62.8 Å². The van der Waals surface area contributed by atoms with Crippen molar-refractivity contribution in [2.45, 2.75) is 37.8 Å². The Labute approximate surface area is 165 Å². The van der Waals surface area contributed by atoms with Crippen LogP contribution in [0.25, 0.3) is 11.0 Å². The number of aromatic amines is 2. The van der Waals surface area contributed by atoms with Gasteiger partial charge in [-0.3, -0.25) is 9.80 Å². The van der Waals surface area contributed by atoms with Crippen molar-refractivity contribution < 1.29 is 0 Å². The molecule has 3 aromatic rings. The van der Waals surface area contributed by atoms with Gasteiger partial charge in [0.05, 0.1) is 29.3 Å². The summed E-state index contributed by atoms with van der Waals surface area (Å²) < 4.78 is 0. The Bertz CT molecular complexity index is 1050. The van der Waals surface area contributed by atoms with Gasteiger partial charge in [-0.1, -0.05) is 5.92 Å². The number of benzene rings is 1. The minimum atomic E-state index is 0.393. The number of fused-ring (bicyclic) bond motifs is 1. The Morgan fingerprint density at radius 2 is 1.71 bits per heavy atom. The first-order valence-corrected chi connectivity index (χ1v) is 10.1. The Balaban J connectivity index is 1.37. The van der Waals surface area contributed by atoms with Gasteiger partial charge in [-0.25, -0.2) is 9.97 Å². The summed E-state index contributed by atoms with van der Waals surface area (Å²) in [6.07, 6.45) is 6.63. The lowest BCUT2D eigenvalue weighted by Gasteiger charge is -2.16. The molecule has 0 amide bonds. The van der Waals surface area contributed by atoms with Gasteiger partial charge in [-0.15, -0.1) is 0 Å².